The van der Waals surface area contributed by atoms with Crippen LogP contribution in [0.2, 0.25) is 0 Å². The summed E-state index contributed by atoms with van der Waals surface area (Å²) >= 11 is 1.70. The molecule has 0 spiro atoms. The number of benzene rings is 1. The molecule has 0 aliphatic carbocycles. The molecule has 0 aromatic heterocycles. The van der Waals surface area contributed by atoms with E-state index in [1.54, 1.807) is 18.9 Å². The van der Waals surface area contributed by atoms with E-state index in [-0.39, 0.29) is 5.44 Å². The van der Waals surface area contributed by atoms with Crippen molar-refractivity contribution >= 4 is 11.8 Å². The van der Waals surface area contributed by atoms with Crippen molar-refractivity contribution in [1.82, 2.24) is 0 Å². The van der Waals surface area contributed by atoms with Crippen molar-refractivity contribution in [1.29, 1.82) is 0 Å². The van der Waals surface area contributed by atoms with E-state index in [1.165, 1.54) is 5.56 Å². The lowest BCUT2D eigenvalue weighted by atomic mass is 10.2. The summed E-state index contributed by atoms with van der Waals surface area (Å²) in [4.78, 5) is 0. The van der Waals surface area contributed by atoms with Crippen LogP contribution in [-0.2, 0) is 11.3 Å². The highest BCUT2D eigenvalue weighted by atomic mass is 32.2. The van der Waals surface area contributed by atoms with Gasteiger partial charge in [-0.25, -0.2) is 0 Å². The number of methoxy groups -OCH3 is 1. The number of hydrogen-bond acceptors (Lipinski definition) is 3. The van der Waals surface area contributed by atoms with Gasteiger partial charge in [0.05, 0.1) is 13.7 Å². The van der Waals surface area contributed by atoms with Crippen LogP contribution in [0.5, 0.6) is 5.75 Å². The highest BCUT2D eigenvalue weighted by Gasteiger charge is 1.99. The maximum Gasteiger partial charge on any atom is 0.118 e. The van der Waals surface area contributed by atoms with Gasteiger partial charge < -0.3 is 9.47 Å². The molecule has 0 aliphatic heterocycles. The number of hydrogen-bond donors (Lipinski definition) is 0. The molecule has 14 heavy (non-hydrogen) atoms. The van der Waals surface area contributed by atoms with Crippen molar-refractivity contribution in [3.05, 3.63) is 29.8 Å². The zero-order valence-electron chi connectivity index (χ0n) is 8.82. The molecule has 1 rings (SSSR count). The van der Waals surface area contributed by atoms with Crippen LogP contribution in [0.4, 0.5) is 0 Å². The van der Waals surface area contributed by atoms with Crippen molar-refractivity contribution in [2.45, 2.75) is 19.0 Å². The normalized spacial score (nSPS) is 12.5. The summed E-state index contributed by atoms with van der Waals surface area (Å²) in [6.45, 7) is 2.71. The Morgan fingerprint density at radius 3 is 2.43 bits per heavy atom. The average molecular weight is 212 g/mol. The van der Waals surface area contributed by atoms with Crippen LogP contribution in [0.25, 0.3) is 0 Å². The topological polar surface area (TPSA) is 18.5 Å². The highest BCUT2D eigenvalue weighted by molar-refractivity contribution is 7.99. The predicted octanol–water partition coefficient (Wildman–Crippen LogP) is 2.92. The lowest BCUT2D eigenvalue weighted by Crippen LogP contribution is -2.02. The van der Waals surface area contributed by atoms with E-state index in [0.29, 0.717) is 6.61 Å². The van der Waals surface area contributed by atoms with Crippen LogP contribution >= 0.6 is 11.8 Å². The Bertz CT molecular complexity index is 258. The van der Waals surface area contributed by atoms with Crippen LogP contribution in [0, 0.1) is 0 Å². The number of thioether (sulfide) groups is 1. The van der Waals surface area contributed by atoms with Gasteiger partial charge in [0.15, 0.2) is 0 Å². The van der Waals surface area contributed by atoms with Gasteiger partial charge in [-0.15, -0.1) is 11.8 Å². The lowest BCUT2D eigenvalue weighted by Gasteiger charge is -2.10. The van der Waals surface area contributed by atoms with Gasteiger partial charge in [0, 0.05) is 0 Å². The molecule has 78 valence electrons. The third-order valence-electron chi connectivity index (χ3n) is 1.98. The molecule has 1 atom stereocenters. The Balaban J connectivity index is 2.43. The van der Waals surface area contributed by atoms with E-state index in [0.717, 1.165) is 5.75 Å². The van der Waals surface area contributed by atoms with Gasteiger partial charge in [-0.2, -0.15) is 0 Å². The molecule has 0 saturated heterocycles. The second-order valence-corrected chi connectivity index (χ2v) is 4.10. The van der Waals surface area contributed by atoms with E-state index >= 15 is 0 Å². The fourth-order valence-corrected chi connectivity index (χ4v) is 1.21. The summed E-state index contributed by atoms with van der Waals surface area (Å²) in [6.07, 6.45) is 2.04. The predicted molar refractivity (Wildman–Crippen MR) is 60.8 cm³/mol. The zero-order valence-corrected chi connectivity index (χ0v) is 9.64. The van der Waals surface area contributed by atoms with Gasteiger partial charge in [-0.1, -0.05) is 12.1 Å². The molecule has 0 amide bonds. The first kappa shape index (κ1) is 11.4. The van der Waals surface area contributed by atoms with Crippen molar-refractivity contribution in [2.75, 3.05) is 13.4 Å². The van der Waals surface area contributed by atoms with Crippen LogP contribution in [0.3, 0.4) is 0 Å². The van der Waals surface area contributed by atoms with Crippen LogP contribution in [-0.4, -0.2) is 18.8 Å². The van der Waals surface area contributed by atoms with Crippen LogP contribution < -0.4 is 4.74 Å². The summed E-state index contributed by atoms with van der Waals surface area (Å²) in [7, 11) is 1.67. The Morgan fingerprint density at radius 1 is 1.29 bits per heavy atom. The minimum absolute atomic E-state index is 0.247. The van der Waals surface area contributed by atoms with Gasteiger partial charge in [0.2, 0.25) is 0 Å². The molecule has 0 bridgehead atoms. The average Bonchev–Trinajstić information content (AvgIpc) is 2.26. The molecule has 0 radical (unpaired) electrons. The number of ether oxygens (including phenoxy) is 2. The van der Waals surface area contributed by atoms with Crippen molar-refractivity contribution in [3.8, 4) is 5.75 Å². The first-order valence-corrected chi connectivity index (χ1v) is 5.82. The SMILES string of the molecule is COc1ccc(COC(C)SC)cc1. The molecule has 0 fully saturated rings. The summed E-state index contributed by atoms with van der Waals surface area (Å²) in [5, 5.41) is 0. The molecular formula is C11H16O2S. The Labute approximate surface area is 89.6 Å². The van der Waals surface area contributed by atoms with Gasteiger partial charge in [-0.3, -0.25) is 0 Å². The third kappa shape index (κ3) is 3.60. The van der Waals surface area contributed by atoms with Crippen molar-refractivity contribution in [2.24, 2.45) is 0 Å². The maximum atomic E-state index is 5.57. The largest absolute Gasteiger partial charge is 0.497 e. The second kappa shape index (κ2) is 5.94. The minimum atomic E-state index is 0.247. The van der Waals surface area contributed by atoms with Crippen molar-refractivity contribution in [3.63, 3.8) is 0 Å². The fraction of sp³-hybridized carbons (Fsp3) is 0.455. The Morgan fingerprint density at radius 2 is 1.93 bits per heavy atom. The zero-order chi connectivity index (χ0) is 10.4. The van der Waals surface area contributed by atoms with E-state index in [4.69, 9.17) is 9.47 Å². The molecular weight excluding hydrogens is 196 g/mol. The Kier molecular flexibility index (Phi) is 4.84. The molecule has 1 unspecified atom stereocenters. The maximum absolute atomic E-state index is 5.57. The molecule has 1 aromatic carbocycles. The standard InChI is InChI=1S/C11H16O2S/c1-9(14-3)13-8-10-4-6-11(12-2)7-5-10/h4-7,9H,8H2,1-3H3. The summed E-state index contributed by atoms with van der Waals surface area (Å²) in [6, 6.07) is 7.93. The van der Waals surface area contributed by atoms with Gasteiger partial charge in [0.25, 0.3) is 0 Å². The van der Waals surface area contributed by atoms with Gasteiger partial charge in [-0.05, 0) is 30.9 Å². The van der Waals surface area contributed by atoms with E-state index in [9.17, 15) is 0 Å². The molecule has 0 saturated carbocycles. The summed E-state index contributed by atoms with van der Waals surface area (Å²) in [5.74, 6) is 0.881. The fourth-order valence-electron chi connectivity index (χ4n) is 1.00. The first-order valence-electron chi connectivity index (χ1n) is 4.53. The van der Waals surface area contributed by atoms with E-state index in [2.05, 4.69) is 0 Å². The monoisotopic (exact) mass is 212 g/mol. The first-order chi connectivity index (χ1) is 6.76. The third-order valence-corrected chi connectivity index (χ3v) is 2.78. The molecule has 0 aliphatic rings. The molecule has 0 N–H and O–H groups in total. The molecule has 0 heterocycles. The van der Waals surface area contributed by atoms with Gasteiger partial charge >= 0.3 is 0 Å². The molecule has 2 nitrogen and oxygen atoms in total. The lowest BCUT2D eigenvalue weighted by molar-refractivity contribution is 0.110. The van der Waals surface area contributed by atoms with E-state index in [1.807, 2.05) is 37.4 Å². The second-order valence-electron chi connectivity index (χ2n) is 2.96. The quantitative estimate of drug-likeness (QED) is 0.699. The summed E-state index contributed by atoms with van der Waals surface area (Å²) in [5.41, 5.74) is 1.42. The minimum Gasteiger partial charge on any atom is -0.497 e. The number of rotatable bonds is 5. The van der Waals surface area contributed by atoms with E-state index < -0.39 is 0 Å². The summed E-state index contributed by atoms with van der Waals surface area (Å²) < 4.78 is 10.6. The van der Waals surface area contributed by atoms with Crippen LogP contribution in [0.1, 0.15) is 12.5 Å². The molecule has 1 aromatic rings. The Hall–Kier alpha value is -0.670. The highest BCUT2D eigenvalue weighted by Crippen LogP contribution is 2.14. The smallest absolute Gasteiger partial charge is 0.118 e. The van der Waals surface area contributed by atoms with Crippen molar-refractivity contribution < 1.29 is 9.47 Å². The molecule has 3 heteroatoms. The van der Waals surface area contributed by atoms with Crippen LogP contribution in [0.15, 0.2) is 24.3 Å². The van der Waals surface area contributed by atoms with Gasteiger partial charge in [0.1, 0.15) is 11.2 Å².